The van der Waals surface area contributed by atoms with Crippen molar-refractivity contribution in [3.63, 3.8) is 0 Å². The van der Waals surface area contributed by atoms with E-state index >= 15 is 0 Å². The largest absolute Gasteiger partial charge is 0.484 e. The summed E-state index contributed by atoms with van der Waals surface area (Å²) >= 11 is 0. The van der Waals surface area contributed by atoms with Crippen LogP contribution < -0.4 is 10.1 Å². The molecule has 5 nitrogen and oxygen atoms in total. The number of hydrogen-bond acceptors (Lipinski definition) is 3. The zero-order valence-electron chi connectivity index (χ0n) is 17.4. The van der Waals surface area contributed by atoms with Crippen LogP contribution in [0.5, 0.6) is 5.75 Å². The Bertz CT molecular complexity index is 701. The molecule has 3 aliphatic rings. The van der Waals surface area contributed by atoms with Gasteiger partial charge in [-0.1, -0.05) is 43.9 Å². The number of ether oxygens (including phenoxy) is 1. The fourth-order valence-electron chi connectivity index (χ4n) is 5.73. The number of fused-ring (bicyclic) bond motifs is 1. The van der Waals surface area contributed by atoms with E-state index < -0.39 is 0 Å². The smallest absolute Gasteiger partial charge is 0.257 e. The first-order valence-electron chi connectivity index (χ1n) is 11.4. The summed E-state index contributed by atoms with van der Waals surface area (Å²) < 4.78 is 5.58. The molecule has 158 valence electrons. The van der Waals surface area contributed by atoms with Gasteiger partial charge in [0, 0.05) is 31.0 Å². The summed E-state index contributed by atoms with van der Waals surface area (Å²) in [6, 6.07) is 9.73. The zero-order chi connectivity index (χ0) is 20.1. The highest BCUT2D eigenvalue weighted by atomic mass is 16.5. The number of para-hydroxylation sites is 1. The number of carbonyl (C=O) groups excluding carboxylic acids is 2. The highest BCUT2D eigenvalue weighted by molar-refractivity contribution is 5.79. The highest BCUT2D eigenvalue weighted by Crippen LogP contribution is 2.48. The molecule has 2 aliphatic carbocycles. The molecule has 0 unspecified atom stereocenters. The predicted molar refractivity (Wildman–Crippen MR) is 113 cm³/mol. The van der Waals surface area contributed by atoms with Crippen molar-refractivity contribution in [3.8, 4) is 5.75 Å². The third kappa shape index (κ3) is 4.76. The molecule has 1 aliphatic heterocycles. The number of benzene rings is 1. The van der Waals surface area contributed by atoms with Crippen molar-refractivity contribution in [2.75, 3.05) is 19.7 Å². The first-order valence-corrected chi connectivity index (χ1v) is 11.4. The summed E-state index contributed by atoms with van der Waals surface area (Å²) in [5.74, 6) is 1.63. The Morgan fingerprint density at radius 2 is 1.86 bits per heavy atom. The SMILES string of the molecule is O=C(COc1ccccc1)NC[C@@]12CCC[C@H]1N(CC1CCCCC1)C(=O)CC2. The highest BCUT2D eigenvalue weighted by Gasteiger charge is 2.50. The lowest BCUT2D eigenvalue weighted by Crippen LogP contribution is -2.57. The Hall–Kier alpha value is -2.04. The molecule has 2 atom stereocenters. The molecule has 1 heterocycles. The third-order valence-corrected chi connectivity index (χ3v) is 7.32. The minimum Gasteiger partial charge on any atom is -0.484 e. The van der Waals surface area contributed by atoms with Gasteiger partial charge in [0.25, 0.3) is 5.91 Å². The molecule has 29 heavy (non-hydrogen) atoms. The molecule has 2 amide bonds. The number of carbonyl (C=O) groups is 2. The number of likely N-dealkylation sites (tertiary alicyclic amines) is 1. The van der Waals surface area contributed by atoms with E-state index in [0.717, 1.165) is 32.2 Å². The van der Waals surface area contributed by atoms with Crippen molar-refractivity contribution in [1.29, 1.82) is 0 Å². The summed E-state index contributed by atoms with van der Waals surface area (Å²) in [6.45, 7) is 1.62. The average molecular weight is 399 g/mol. The number of nitrogens with zero attached hydrogens (tertiary/aromatic N) is 1. The molecule has 1 aromatic carbocycles. The molecule has 0 radical (unpaired) electrons. The van der Waals surface area contributed by atoms with E-state index in [1.54, 1.807) is 0 Å². The van der Waals surface area contributed by atoms with E-state index in [2.05, 4.69) is 10.2 Å². The van der Waals surface area contributed by atoms with Gasteiger partial charge in [0.05, 0.1) is 0 Å². The summed E-state index contributed by atoms with van der Waals surface area (Å²) in [4.78, 5) is 27.4. The van der Waals surface area contributed by atoms with Gasteiger partial charge in [0.15, 0.2) is 6.61 Å². The molecule has 0 aromatic heterocycles. The first-order chi connectivity index (χ1) is 14.2. The van der Waals surface area contributed by atoms with Crippen LogP contribution >= 0.6 is 0 Å². The van der Waals surface area contributed by atoms with Crippen LogP contribution in [-0.4, -0.2) is 42.5 Å². The van der Waals surface area contributed by atoms with Crippen LogP contribution in [0.3, 0.4) is 0 Å². The summed E-state index contributed by atoms with van der Waals surface area (Å²) in [5.41, 5.74) is 0.0466. The monoisotopic (exact) mass is 398 g/mol. The fourth-order valence-corrected chi connectivity index (χ4v) is 5.73. The van der Waals surface area contributed by atoms with Gasteiger partial charge in [0.1, 0.15) is 5.75 Å². The van der Waals surface area contributed by atoms with Gasteiger partial charge in [-0.25, -0.2) is 0 Å². The van der Waals surface area contributed by atoms with Gasteiger partial charge < -0.3 is 15.0 Å². The maximum Gasteiger partial charge on any atom is 0.257 e. The molecule has 1 N–H and O–H groups in total. The predicted octanol–water partition coefficient (Wildman–Crippen LogP) is 3.92. The number of nitrogens with one attached hydrogen (secondary N) is 1. The van der Waals surface area contributed by atoms with Gasteiger partial charge >= 0.3 is 0 Å². The zero-order valence-corrected chi connectivity index (χ0v) is 17.4. The molecule has 1 aromatic rings. The molecule has 2 saturated carbocycles. The van der Waals surface area contributed by atoms with Gasteiger partial charge in [-0.3, -0.25) is 9.59 Å². The number of rotatable bonds is 7. The quantitative estimate of drug-likeness (QED) is 0.757. The molecular weight excluding hydrogens is 364 g/mol. The lowest BCUT2D eigenvalue weighted by Gasteiger charge is -2.47. The Labute approximate surface area is 174 Å². The van der Waals surface area contributed by atoms with E-state index in [1.807, 2.05) is 30.3 Å². The standard InChI is InChI=1S/C24H34N2O3/c27-22(17-29-20-10-5-2-6-11-20)25-18-24-14-7-12-21(24)26(23(28)13-15-24)16-19-8-3-1-4-9-19/h2,5-6,10-11,19,21H,1,3-4,7-9,12-18H2,(H,25,27)/t21-,24+/m1/s1. The molecule has 0 spiro atoms. The Morgan fingerprint density at radius 3 is 2.66 bits per heavy atom. The van der Waals surface area contributed by atoms with Gasteiger partial charge in [-0.15, -0.1) is 0 Å². The Kier molecular flexibility index (Phi) is 6.41. The van der Waals surface area contributed by atoms with Crippen molar-refractivity contribution in [2.24, 2.45) is 11.3 Å². The van der Waals surface area contributed by atoms with Crippen molar-refractivity contribution in [2.45, 2.75) is 70.3 Å². The second-order valence-electron chi connectivity index (χ2n) is 9.20. The van der Waals surface area contributed by atoms with Crippen LogP contribution in [0.2, 0.25) is 0 Å². The number of amides is 2. The minimum absolute atomic E-state index is 0.0372. The van der Waals surface area contributed by atoms with E-state index in [-0.39, 0.29) is 17.9 Å². The topological polar surface area (TPSA) is 58.6 Å². The van der Waals surface area contributed by atoms with E-state index in [1.165, 1.54) is 32.1 Å². The Balaban J connectivity index is 1.34. The molecular formula is C24H34N2O3. The van der Waals surface area contributed by atoms with Crippen molar-refractivity contribution < 1.29 is 14.3 Å². The fraction of sp³-hybridized carbons (Fsp3) is 0.667. The van der Waals surface area contributed by atoms with Crippen LogP contribution in [-0.2, 0) is 9.59 Å². The maximum atomic E-state index is 12.8. The summed E-state index contributed by atoms with van der Waals surface area (Å²) in [6.07, 6.45) is 11.3. The van der Waals surface area contributed by atoms with E-state index in [0.29, 0.717) is 36.6 Å². The lowest BCUT2D eigenvalue weighted by atomic mass is 9.74. The summed E-state index contributed by atoms with van der Waals surface area (Å²) in [7, 11) is 0. The van der Waals surface area contributed by atoms with Crippen LogP contribution in [0.4, 0.5) is 0 Å². The molecule has 0 bridgehead atoms. The first kappa shape index (κ1) is 20.2. The molecule has 4 rings (SSSR count). The van der Waals surface area contributed by atoms with Crippen LogP contribution in [0.25, 0.3) is 0 Å². The Morgan fingerprint density at radius 1 is 1.07 bits per heavy atom. The normalized spacial score (nSPS) is 27.5. The van der Waals surface area contributed by atoms with Crippen LogP contribution in [0.15, 0.2) is 30.3 Å². The second-order valence-corrected chi connectivity index (χ2v) is 9.20. The van der Waals surface area contributed by atoms with Gasteiger partial charge in [0.2, 0.25) is 5.91 Å². The van der Waals surface area contributed by atoms with Crippen LogP contribution in [0.1, 0.15) is 64.2 Å². The lowest BCUT2D eigenvalue weighted by molar-refractivity contribution is -0.143. The van der Waals surface area contributed by atoms with Crippen molar-refractivity contribution >= 4 is 11.8 Å². The van der Waals surface area contributed by atoms with Crippen molar-refractivity contribution in [1.82, 2.24) is 10.2 Å². The second kappa shape index (κ2) is 9.19. The van der Waals surface area contributed by atoms with E-state index in [9.17, 15) is 9.59 Å². The number of hydrogen-bond donors (Lipinski definition) is 1. The van der Waals surface area contributed by atoms with Crippen LogP contribution in [0, 0.1) is 11.3 Å². The molecule has 3 fully saturated rings. The van der Waals surface area contributed by atoms with Gasteiger partial charge in [-0.2, -0.15) is 0 Å². The van der Waals surface area contributed by atoms with Gasteiger partial charge in [-0.05, 0) is 50.2 Å². The maximum absolute atomic E-state index is 12.8. The molecule has 5 heteroatoms. The number of piperidine rings is 1. The third-order valence-electron chi connectivity index (χ3n) is 7.32. The minimum atomic E-state index is -0.0791. The summed E-state index contributed by atoms with van der Waals surface area (Å²) in [5, 5.41) is 3.12. The van der Waals surface area contributed by atoms with E-state index in [4.69, 9.17) is 4.74 Å². The van der Waals surface area contributed by atoms with Crippen molar-refractivity contribution in [3.05, 3.63) is 30.3 Å². The average Bonchev–Trinajstić information content (AvgIpc) is 3.19. The molecule has 1 saturated heterocycles.